The van der Waals surface area contributed by atoms with Gasteiger partial charge in [-0.1, -0.05) is 25.0 Å². The van der Waals surface area contributed by atoms with Gasteiger partial charge in [-0.05, 0) is 62.7 Å². The van der Waals surface area contributed by atoms with Crippen LogP contribution in [-0.2, 0) is 38.2 Å². The summed E-state index contributed by atoms with van der Waals surface area (Å²) in [6.07, 6.45) is 8.50. The van der Waals surface area contributed by atoms with Crippen LogP contribution in [0.3, 0.4) is 0 Å². The van der Waals surface area contributed by atoms with E-state index in [4.69, 9.17) is 18.9 Å². The zero-order chi connectivity index (χ0) is 37.8. The quantitative estimate of drug-likeness (QED) is 0.108. The van der Waals surface area contributed by atoms with Gasteiger partial charge in [0.25, 0.3) is 0 Å². The van der Waals surface area contributed by atoms with Gasteiger partial charge in [-0.25, -0.2) is 9.59 Å². The molecule has 17 heteroatoms. The Kier molecular flexibility index (Phi) is 19.1. The van der Waals surface area contributed by atoms with Crippen LogP contribution in [0.5, 0.6) is 11.5 Å². The molecule has 0 atom stereocenters. The Morgan fingerprint density at radius 1 is 0.627 bits per heavy atom. The molecule has 51 heavy (non-hydrogen) atoms. The van der Waals surface area contributed by atoms with Crippen molar-refractivity contribution >= 4 is 59.4 Å². The largest absolute Gasteiger partial charge is 0.493 e. The predicted octanol–water partition coefficient (Wildman–Crippen LogP) is 3.25. The second-order valence-corrected chi connectivity index (χ2v) is 12.5. The Morgan fingerprint density at radius 3 is 1.51 bits per heavy atom. The topological polar surface area (TPSA) is 186 Å². The first-order valence-corrected chi connectivity index (χ1v) is 18.1. The van der Waals surface area contributed by atoms with Crippen molar-refractivity contribution in [2.75, 3.05) is 66.1 Å². The standard InChI is InChI=1S/C20H26N2O7.C14H22N2O5S/c1-21-17(23)13-18(24)22(20(21)26)14-19(25)29-12-8-4-3-7-11-28-16-10-6-5-9-15(16)27-2;1-15-11(17)9-12(18)16(14(15)20)10-13(19)21-7-5-3-4-6-8-22-2/h5-6,9-10H,3-4,7-8,11-14H2,1-2H3;3-10H2,1-2H3. The van der Waals surface area contributed by atoms with E-state index in [2.05, 4.69) is 6.26 Å². The fraction of sp³-hybridized carbons (Fsp3) is 0.588. The van der Waals surface area contributed by atoms with Crippen molar-refractivity contribution in [2.45, 2.75) is 64.2 Å². The highest BCUT2D eigenvalue weighted by molar-refractivity contribution is 7.98. The van der Waals surface area contributed by atoms with Crippen molar-refractivity contribution in [3.8, 4) is 11.5 Å². The number of urea groups is 2. The SMILES string of the molecule is COc1ccccc1OCCCCCCOC(=O)CN1C(=O)CC(=O)N(C)C1=O.CSCCCCCCOC(=O)CN1C(=O)CC(=O)N(C)C1=O. The molecule has 8 amide bonds. The van der Waals surface area contributed by atoms with Crippen molar-refractivity contribution in [3.63, 3.8) is 0 Å². The minimum Gasteiger partial charge on any atom is -0.493 e. The van der Waals surface area contributed by atoms with Crippen molar-refractivity contribution in [2.24, 2.45) is 0 Å². The molecule has 2 aliphatic heterocycles. The number of nitrogens with zero attached hydrogens (tertiary/aromatic N) is 4. The van der Waals surface area contributed by atoms with Crippen LogP contribution in [-0.4, -0.2) is 133 Å². The highest BCUT2D eigenvalue weighted by Gasteiger charge is 2.38. The van der Waals surface area contributed by atoms with E-state index >= 15 is 0 Å². The van der Waals surface area contributed by atoms with E-state index in [-0.39, 0.29) is 13.2 Å². The van der Waals surface area contributed by atoms with E-state index in [9.17, 15) is 38.4 Å². The molecule has 2 aliphatic rings. The molecule has 0 saturated carbocycles. The lowest BCUT2D eigenvalue weighted by Gasteiger charge is -2.29. The molecule has 0 radical (unpaired) electrons. The van der Waals surface area contributed by atoms with Gasteiger partial charge in [-0.3, -0.25) is 48.4 Å². The van der Waals surface area contributed by atoms with Gasteiger partial charge in [0.1, 0.15) is 25.9 Å². The van der Waals surface area contributed by atoms with E-state index in [1.54, 1.807) is 7.11 Å². The third-order valence-electron chi connectivity index (χ3n) is 7.70. The average Bonchev–Trinajstić information content (AvgIpc) is 3.11. The smallest absolute Gasteiger partial charge is 0.333 e. The molecule has 2 saturated heterocycles. The van der Waals surface area contributed by atoms with Crippen LogP contribution in [0, 0.1) is 0 Å². The number of thioether (sulfide) groups is 1. The molecule has 2 heterocycles. The molecule has 16 nitrogen and oxygen atoms in total. The predicted molar refractivity (Wildman–Crippen MR) is 185 cm³/mol. The second kappa shape index (κ2) is 22.9. The summed E-state index contributed by atoms with van der Waals surface area (Å²) < 4.78 is 21.0. The van der Waals surface area contributed by atoms with E-state index in [0.29, 0.717) is 24.5 Å². The van der Waals surface area contributed by atoms with Crippen LogP contribution in [0.4, 0.5) is 9.59 Å². The van der Waals surface area contributed by atoms with Crippen LogP contribution in [0.1, 0.15) is 64.2 Å². The summed E-state index contributed by atoms with van der Waals surface area (Å²) in [7, 11) is 4.15. The van der Waals surface area contributed by atoms with Gasteiger partial charge in [0.15, 0.2) is 11.5 Å². The highest BCUT2D eigenvalue weighted by Crippen LogP contribution is 2.26. The Morgan fingerprint density at radius 2 is 1.06 bits per heavy atom. The number of barbiturate groups is 2. The average molecular weight is 737 g/mol. The molecular weight excluding hydrogens is 688 g/mol. The first-order chi connectivity index (χ1) is 24.4. The molecule has 0 unspecified atom stereocenters. The number of para-hydroxylation sites is 2. The number of esters is 2. The number of carbonyl (C=O) groups is 8. The minimum absolute atomic E-state index is 0.206. The van der Waals surface area contributed by atoms with Gasteiger partial charge in [0.05, 0.1) is 26.9 Å². The van der Waals surface area contributed by atoms with Crippen LogP contribution in [0.15, 0.2) is 24.3 Å². The van der Waals surface area contributed by atoms with E-state index in [1.807, 2.05) is 36.0 Å². The normalized spacial score (nSPS) is 14.7. The summed E-state index contributed by atoms with van der Waals surface area (Å²) in [5, 5.41) is 0. The number of unbranched alkanes of at least 4 members (excludes halogenated alkanes) is 6. The molecule has 3 rings (SSSR count). The maximum Gasteiger partial charge on any atom is 0.333 e. The minimum atomic E-state index is -0.807. The Labute approximate surface area is 302 Å². The molecule has 2 fully saturated rings. The zero-order valence-electron chi connectivity index (χ0n) is 29.7. The lowest BCUT2D eigenvalue weighted by atomic mass is 10.2. The van der Waals surface area contributed by atoms with Gasteiger partial charge in [0, 0.05) is 14.1 Å². The number of benzene rings is 1. The Hall–Kier alpha value is -4.67. The van der Waals surface area contributed by atoms with E-state index in [0.717, 1.165) is 70.3 Å². The third-order valence-corrected chi connectivity index (χ3v) is 8.40. The summed E-state index contributed by atoms with van der Waals surface area (Å²) >= 11 is 1.81. The number of ether oxygens (including phenoxy) is 4. The molecule has 0 aliphatic carbocycles. The maximum atomic E-state index is 11.9. The van der Waals surface area contributed by atoms with Gasteiger partial charge >= 0.3 is 24.0 Å². The van der Waals surface area contributed by atoms with Crippen molar-refractivity contribution in [3.05, 3.63) is 24.3 Å². The summed E-state index contributed by atoms with van der Waals surface area (Å²) in [4.78, 5) is 96.4. The molecule has 0 spiro atoms. The number of imide groups is 4. The Balaban J connectivity index is 0.000000368. The molecular formula is C34H48N4O12S. The third kappa shape index (κ3) is 14.6. The number of methoxy groups -OCH3 is 1. The zero-order valence-corrected chi connectivity index (χ0v) is 30.5. The fourth-order valence-corrected chi connectivity index (χ4v) is 5.18. The van der Waals surface area contributed by atoms with Gasteiger partial charge in [-0.15, -0.1) is 0 Å². The van der Waals surface area contributed by atoms with Gasteiger partial charge in [0.2, 0.25) is 23.6 Å². The number of hydrogen-bond donors (Lipinski definition) is 0. The van der Waals surface area contributed by atoms with Crippen LogP contribution in [0.25, 0.3) is 0 Å². The summed E-state index contributed by atoms with van der Waals surface area (Å²) in [6, 6.07) is 5.86. The summed E-state index contributed by atoms with van der Waals surface area (Å²) in [5.74, 6) is -1.27. The highest BCUT2D eigenvalue weighted by atomic mass is 32.2. The first kappa shape index (κ1) is 42.5. The second-order valence-electron chi connectivity index (χ2n) is 11.5. The molecule has 0 aromatic heterocycles. The van der Waals surface area contributed by atoms with E-state index < -0.39 is 73.6 Å². The fourth-order valence-electron chi connectivity index (χ4n) is 4.69. The maximum absolute atomic E-state index is 11.9. The summed E-state index contributed by atoms with van der Waals surface area (Å²) in [6.45, 7) is 0.121. The van der Waals surface area contributed by atoms with Crippen molar-refractivity contribution in [1.82, 2.24) is 19.6 Å². The first-order valence-electron chi connectivity index (χ1n) is 16.7. The van der Waals surface area contributed by atoms with Crippen molar-refractivity contribution < 1.29 is 57.3 Å². The number of hydrogen-bond acceptors (Lipinski definition) is 13. The molecule has 1 aromatic carbocycles. The number of carbonyl (C=O) groups excluding carboxylic acids is 8. The van der Waals surface area contributed by atoms with Crippen LogP contribution < -0.4 is 9.47 Å². The molecule has 282 valence electrons. The van der Waals surface area contributed by atoms with Crippen LogP contribution >= 0.6 is 11.8 Å². The number of amides is 8. The van der Waals surface area contributed by atoms with Crippen molar-refractivity contribution in [1.29, 1.82) is 0 Å². The molecule has 1 aromatic rings. The van der Waals surface area contributed by atoms with Crippen LogP contribution in [0.2, 0.25) is 0 Å². The lowest BCUT2D eigenvalue weighted by Crippen LogP contribution is -2.54. The monoisotopic (exact) mass is 736 g/mol. The summed E-state index contributed by atoms with van der Waals surface area (Å²) in [5.41, 5.74) is 0. The number of rotatable bonds is 20. The lowest BCUT2D eigenvalue weighted by molar-refractivity contribution is -0.151. The molecule has 0 N–H and O–H groups in total. The van der Waals surface area contributed by atoms with Gasteiger partial charge in [-0.2, -0.15) is 11.8 Å². The Bertz CT molecular complexity index is 1390. The van der Waals surface area contributed by atoms with Gasteiger partial charge < -0.3 is 18.9 Å². The van der Waals surface area contributed by atoms with E-state index in [1.165, 1.54) is 14.1 Å². The molecule has 0 bridgehead atoms.